The van der Waals surface area contributed by atoms with Crippen LogP contribution in [0.5, 0.6) is 5.75 Å². The molecule has 0 N–H and O–H groups in total. The molecule has 0 aromatic carbocycles. The van der Waals surface area contributed by atoms with Crippen LogP contribution in [0.2, 0.25) is 0 Å². The third-order valence-electron chi connectivity index (χ3n) is 8.28. The Bertz CT molecular complexity index is 748. The summed E-state index contributed by atoms with van der Waals surface area (Å²) in [7, 11) is 1.70. The highest BCUT2D eigenvalue weighted by atomic mass is 16.5. The molecule has 0 radical (unpaired) electrons. The fourth-order valence-corrected chi connectivity index (χ4v) is 6.99. The topological polar surface area (TPSA) is 45.7 Å². The largest absolute Gasteiger partial charge is 0.495 e. The van der Waals surface area contributed by atoms with Gasteiger partial charge in [0, 0.05) is 44.3 Å². The number of methoxy groups -OCH3 is 1. The van der Waals surface area contributed by atoms with Gasteiger partial charge in [-0.15, -0.1) is 0 Å². The predicted octanol–water partition coefficient (Wildman–Crippen LogP) is 4.26. The molecule has 5 rings (SSSR count). The van der Waals surface area contributed by atoms with E-state index in [9.17, 15) is 4.79 Å². The number of carbonyl (C=O) groups excluding carboxylic acids is 1. The van der Waals surface area contributed by atoms with Gasteiger partial charge in [0.25, 0.3) is 0 Å². The van der Waals surface area contributed by atoms with E-state index in [-0.39, 0.29) is 0 Å². The fourth-order valence-electron chi connectivity index (χ4n) is 6.99. The second-order valence-corrected chi connectivity index (χ2v) is 10.3. The number of nitrogens with zero attached hydrogens (tertiary/aromatic N) is 3. The maximum Gasteiger partial charge on any atom is 0.223 e. The summed E-state index contributed by atoms with van der Waals surface area (Å²) < 4.78 is 5.38. The van der Waals surface area contributed by atoms with Crippen LogP contribution in [0.25, 0.3) is 0 Å². The van der Waals surface area contributed by atoms with Crippen molar-refractivity contribution in [3.05, 3.63) is 24.0 Å². The minimum absolute atomic E-state index is 0.451. The number of ether oxygens (including phenoxy) is 1. The highest BCUT2D eigenvalue weighted by Crippen LogP contribution is 2.44. The van der Waals surface area contributed by atoms with Gasteiger partial charge in [0.05, 0.1) is 13.3 Å². The molecule has 3 saturated heterocycles. The van der Waals surface area contributed by atoms with Crippen LogP contribution >= 0.6 is 0 Å². The molecule has 4 aliphatic rings. The number of likely N-dealkylation sites (tertiary alicyclic amines) is 1. The van der Waals surface area contributed by atoms with E-state index in [4.69, 9.17) is 4.74 Å². The number of hydrogen-bond donors (Lipinski definition) is 0. The summed E-state index contributed by atoms with van der Waals surface area (Å²) in [4.78, 5) is 22.5. The van der Waals surface area contributed by atoms with Gasteiger partial charge in [-0.3, -0.25) is 14.7 Å². The summed E-state index contributed by atoms with van der Waals surface area (Å²) in [6, 6.07) is 3.06. The Morgan fingerprint density at radius 2 is 1.90 bits per heavy atom. The van der Waals surface area contributed by atoms with Gasteiger partial charge in [-0.1, -0.05) is 32.1 Å². The minimum Gasteiger partial charge on any atom is -0.495 e. The van der Waals surface area contributed by atoms with Gasteiger partial charge in [0.15, 0.2) is 0 Å². The van der Waals surface area contributed by atoms with E-state index in [0.717, 1.165) is 44.1 Å². The molecular weight excluding hydrogens is 374 g/mol. The van der Waals surface area contributed by atoms with E-state index in [1.807, 2.05) is 6.20 Å². The van der Waals surface area contributed by atoms with Gasteiger partial charge in [-0.2, -0.15) is 0 Å². The first-order valence-corrected chi connectivity index (χ1v) is 12.2. The number of carbonyl (C=O) groups is 1. The molecule has 4 fully saturated rings. The van der Waals surface area contributed by atoms with Gasteiger partial charge in [-0.25, -0.2) is 0 Å². The number of piperidine rings is 3. The second kappa shape index (κ2) is 8.86. The molecule has 1 aliphatic carbocycles. The van der Waals surface area contributed by atoms with Gasteiger partial charge < -0.3 is 9.64 Å². The van der Waals surface area contributed by atoms with Crippen LogP contribution in [0.4, 0.5) is 0 Å². The molecule has 1 aromatic heterocycles. The van der Waals surface area contributed by atoms with Gasteiger partial charge >= 0.3 is 0 Å². The van der Waals surface area contributed by atoms with Crippen LogP contribution in [0, 0.1) is 17.8 Å². The van der Waals surface area contributed by atoms with Crippen molar-refractivity contribution in [2.45, 2.75) is 82.8 Å². The lowest BCUT2D eigenvalue weighted by atomic mass is 9.69. The predicted molar refractivity (Wildman–Crippen MR) is 117 cm³/mol. The number of amides is 1. The molecular formula is C25H37N3O2. The molecule has 164 valence electrons. The van der Waals surface area contributed by atoms with Crippen molar-refractivity contribution in [1.82, 2.24) is 14.8 Å². The Morgan fingerprint density at radius 1 is 1.07 bits per heavy atom. The quantitative estimate of drug-likeness (QED) is 0.726. The lowest BCUT2D eigenvalue weighted by Crippen LogP contribution is -2.65. The maximum atomic E-state index is 13.0. The summed E-state index contributed by atoms with van der Waals surface area (Å²) in [6.45, 7) is 3.16. The van der Waals surface area contributed by atoms with Crippen molar-refractivity contribution in [2.75, 3.05) is 20.2 Å². The molecule has 5 nitrogen and oxygen atoms in total. The molecule has 4 heterocycles. The highest BCUT2D eigenvalue weighted by molar-refractivity contribution is 5.78. The molecule has 1 amide bonds. The SMILES string of the molecule is COc1cncc(CN2C[C@H]3C[C@@H](C2)[C@H](CC2CCCCC2)N2C(=O)CCC[C@@H]32)c1. The summed E-state index contributed by atoms with van der Waals surface area (Å²) in [5.41, 5.74) is 1.23. The van der Waals surface area contributed by atoms with Crippen molar-refractivity contribution >= 4 is 5.91 Å². The lowest BCUT2D eigenvalue weighted by molar-refractivity contribution is -0.154. The Balaban J connectivity index is 1.35. The molecule has 3 aliphatic heterocycles. The second-order valence-electron chi connectivity index (χ2n) is 10.3. The average molecular weight is 412 g/mol. The molecule has 1 aromatic rings. The molecule has 2 bridgehead atoms. The van der Waals surface area contributed by atoms with Crippen LogP contribution in [0.1, 0.15) is 69.8 Å². The van der Waals surface area contributed by atoms with Crippen molar-refractivity contribution in [3.8, 4) is 5.75 Å². The average Bonchev–Trinajstić information content (AvgIpc) is 2.77. The minimum atomic E-state index is 0.451. The Morgan fingerprint density at radius 3 is 2.73 bits per heavy atom. The van der Waals surface area contributed by atoms with E-state index in [1.165, 1.54) is 56.9 Å². The number of hydrogen-bond acceptors (Lipinski definition) is 4. The number of rotatable bonds is 5. The van der Waals surface area contributed by atoms with Crippen LogP contribution in [-0.4, -0.2) is 53.0 Å². The van der Waals surface area contributed by atoms with Crippen molar-refractivity contribution in [2.24, 2.45) is 17.8 Å². The molecule has 30 heavy (non-hydrogen) atoms. The number of aromatic nitrogens is 1. The van der Waals surface area contributed by atoms with Gasteiger partial charge in [0.2, 0.25) is 5.91 Å². The summed E-state index contributed by atoms with van der Waals surface area (Å²) >= 11 is 0. The molecule has 5 heteroatoms. The van der Waals surface area contributed by atoms with E-state index in [1.54, 1.807) is 13.3 Å². The summed E-state index contributed by atoms with van der Waals surface area (Å²) in [5, 5.41) is 0. The zero-order valence-corrected chi connectivity index (χ0v) is 18.5. The first-order valence-electron chi connectivity index (χ1n) is 12.2. The monoisotopic (exact) mass is 411 g/mol. The Kier molecular flexibility index (Phi) is 5.99. The molecule has 0 spiro atoms. The summed E-state index contributed by atoms with van der Waals surface area (Å²) in [5.74, 6) is 3.38. The van der Waals surface area contributed by atoms with Crippen molar-refractivity contribution in [1.29, 1.82) is 0 Å². The number of pyridine rings is 1. The molecule has 0 unspecified atom stereocenters. The standard InChI is InChI=1S/C25H37N3O2/c1-30-22-10-19(13-26-14-22)15-27-16-20-12-21(17-27)24(11-18-6-3-2-4-7-18)28-23(20)8-5-9-25(28)29/h10,13-14,18,20-21,23-24H,2-9,11-12,15-17H2,1H3/t20-,21+,23+,24+/m1/s1. The van der Waals surface area contributed by atoms with Crippen LogP contribution < -0.4 is 4.74 Å². The van der Waals surface area contributed by atoms with Crippen LogP contribution in [0.15, 0.2) is 18.5 Å². The molecule has 4 atom stereocenters. The smallest absolute Gasteiger partial charge is 0.223 e. The van der Waals surface area contributed by atoms with Gasteiger partial charge in [0.1, 0.15) is 5.75 Å². The number of fused-ring (bicyclic) bond motifs is 4. The Labute approximate surface area is 181 Å². The third-order valence-corrected chi connectivity index (χ3v) is 8.28. The maximum absolute atomic E-state index is 13.0. The highest BCUT2D eigenvalue weighted by Gasteiger charge is 2.49. The van der Waals surface area contributed by atoms with E-state index in [0.29, 0.717) is 29.8 Å². The van der Waals surface area contributed by atoms with Crippen LogP contribution in [0.3, 0.4) is 0 Å². The van der Waals surface area contributed by atoms with Crippen molar-refractivity contribution < 1.29 is 9.53 Å². The van der Waals surface area contributed by atoms with Gasteiger partial charge in [-0.05, 0) is 55.1 Å². The van der Waals surface area contributed by atoms with Crippen LogP contribution in [-0.2, 0) is 11.3 Å². The lowest BCUT2D eigenvalue weighted by Gasteiger charge is -2.57. The fraction of sp³-hybridized carbons (Fsp3) is 0.760. The zero-order valence-electron chi connectivity index (χ0n) is 18.5. The molecule has 1 saturated carbocycles. The zero-order chi connectivity index (χ0) is 20.5. The Hall–Kier alpha value is -1.62. The van der Waals surface area contributed by atoms with E-state index in [2.05, 4.69) is 20.9 Å². The van der Waals surface area contributed by atoms with Crippen molar-refractivity contribution in [3.63, 3.8) is 0 Å². The first kappa shape index (κ1) is 20.3. The van der Waals surface area contributed by atoms with E-state index >= 15 is 0 Å². The summed E-state index contributed by atoms with van der Waals surface area (Å²) in [6.07, 6.45) is 16.3. The third kappa shape index (κ3) is 4.10. The normalized spacial score (nSPS) is 32.7. The first-order chi connectivity index (χ1) is 14.7. The van der Waals surface area contributed by atoms with E-state index < -0.39 is 0 Å².